The van der Waals surface area contributed by atoms with Gasteiger partial charge in [0.2, 0.25) is 0 Å². The Morgan fingerprint density at radius 2 is 2.16 bits per heavy atom. The summed E-state index contributed by atoms with van der Waals surface area (Å²) in [5.41, 5.74) is 0.375. The first kappa shape index (κ1) is 16.0. The first-order chi connectivity index (χ1) is 9.13. The molecule has 1 aromatic rings. The molecule has 5 heteroatoms. The summed E-state index contributed by atoms with van der Waals surface area (Å²) in [6.45, 7) is 3.53. The average molecular weight is 273 g/mol. The fourth-order valence-corrected chi connectivity index (χ4v) is 1.56. The van der Waals surface area contributed by atoms with E-state index in [2.05, 4.69) is 12.2 Å². The lowest BCUT2D eigenvalue weighted by Crippen LogP contribution is -2.30. The van der Waals surface area contributed by atoms with Gasteiger partial charge in [-0.3, -0.25) is 0 Å². The third kappa shape index (κ3) is 6.61. The summed E-state index contributed by atoms with van der Waals surface area (Å²) in [6.07, 6.45) is 1.40. The summed E-state index contributed by atoms with van der Waals surface area (Å²) in [4.78, 5) is 0. The van der Waals surface area contributed by atoms with Crippen LogP contribution in [0.4, 0.5) is 8.78 Å². The summed E-state index contributed by atoms with van der Waals surface area (Å²) in [7, 11) is 0. The Bertz CT molecular complexity index is 374. The number of hydrogen-bond donors (Lipinski definition) is 2. The number of hydrogen-bond acceptors (Lipinski definition) is 3. The summed E-state index contributed by atoms with van der Waals surface area (Å²) < 4.78 is 31.2. The Labute approximate surface area is 112 Å². The van der Waals surface area contributed by atoms with Crippen LogP contribution in [0.15, 0.2) is 18.2 Å². The first-order valence-electron chi connectivity index (χ1n) is 6.54. The minimum absolute atomic E-state index is 0.248. The molecule has 0 amide bonds. The second-order valence-electron chi connectivity index (χ2n) is 4.45. The van der Waals surface area contributed by atoms with E-state index in [0.717, 1.165) is 18.9 Å². The molecule has 0 saturated carbocycles. The molecule has 0 aliphatic carbocycles. The normalized spacial score (nSPS) is 12.6. The van der Waals surface area contributed by atoms with E-state index in [1.807, 2.05) is 0 Å². The lowest BCUT2D eigenvalue weighted by molar-refractivity contribution is 0.0357. The van der Waals surface area contributed by atoms with Gasteiger partial charge >= 0.3 is 0 Å². The molecule has 0 aromatic heterocycles. The summed E-state index contributed by atoms with van der Waals surface area (Å²) in [5.74, 6) is -1.17. The number of aliphatic hydroxyl groups excluding tert-OH is 1. The van der Waals surface area contributed by atoms with Gasteiger partial charge < -0.3 is 15.2 Å². The van der Waals surface area contributed by atoms with Gasteiger partial charge in [-0.05, 0) is 12.5 Å². The van der Waals surface area contributed by atoms with Gasteiger partial charge in [0.15, 0.2) is 0 Å². The standard InChI is InChI=1S/C14H21F2NO2/c1-2-3-6-19-10-13(18)9-17-8-11-4-5-12(15)7-14(11)16/h4-5,7,13,17-18H,2-3,6,8-10H2,1H3. The number of unbranched alkanes of at least 4 members (excludes halogenated alkanes) is 1. The van der Waals surface area contributed by atoms with E-state index in [0.29, 0.717) is 18.7 Å². The Kier molecular flexibility index (Phi) is 7.55. The molecule has 19 heavy (non-hydrogen) atoms. The molecule has 108 valence electrons. The molecule has 0 bridgehead atoms. The van der Waals surface area contributed by atoms with Crippen molar-refractivity contribution in [3.05, 3.63) is 35.4 Å². The molecule has 1 atom stereocenters. The molecule has 2 N–H and O–H groups in total. The SMILES string of the molecule is CCCCOCC(O)CNCc1ccc(F)cc1F. The van der Waals surface area contributed by atoms with E-state index in [9.17, 15) is 13.9 Å². The van der Waals surface area contributed by atoms with Gasteiger partial charge in [0, 0.05) is 31.3 Å². The zero-order valence-electron chi connectivity index (χ0n) is 11.2. The van der Waals surface area contributed by atoms with Gasteiger partial charge in [0.05, 0.1) is 12.7 Å². The third-order valence-corrected chi connectivity index (χ3v) is 2.66. The quantitative estimate of drug-likeness (QED) is 0.678. The van der Waals surface area contributed by atoms with Crippen molar-refractivity contribution in [2.45, 2.75) is 32.4 Å². The van der Waals surface area contributed by atoms with Gasteiger partial charge in [-0.2, -0.15) is 0 Å². The minimum Gasteiger partial charge on any atom is -0.389 e. The van der Waals surface area contributed by atoms with E-state index in [4.69, 9.17) is 4.74 Å². The van der Waals surface area contributed by atoms with Crippen LogP contribution in [0.3, 0.4) is 0 Å². The minimum atomic E-state index is -0.625. The number of nitrogens with one attached hydrogen (secondary N) is 1. The topological polar surface area (TPSA) is 41.5 Å². The number of ether oxygens (including phenoxy) is 1. The van der Waals surface area contributed by atoms with Gasteiger partial charge in [-0.15, -0.1) is 0 Å². The molecular formula is C14H21F2NO2. The van der Waals surface area contributed by atoms with E-state index in [1.54, 1.807) is 0 Å². The lowest BCUT2D eigenvalue weighted by Gasteiger charge is -2.12. The molecule has 0 aliphatic rings. The van der Waals surface area contributed by atoms with Gasteiger partial charge in [-0.25, -0.2) is 8.78 Å². The largest absolute Gasteiger partial charge is 0.389 e. The smallest absolute Gasteiger partial charge is 0.130 e. The molecule has 0 heterocycles. The van der Waals surface area contributed by atoms with Crippen LogP contribution in [0.5, 0.6) is 0 Å². The van der Waals surface area contributed by atoms with Crippen molar-refractivity contribution in [2.75, 3.05) is 19.8 Å². The number of rotatable bonds is 9. The van der Waals surface area contributed by atoms with Gasteiger partial charge in [0.25, 0.3) is 0 Å². The van der Waals surface area contributed by atoms with Crippen molar-refractivity contribution < 1.29 is 18.6 Å². The van der Waals surface area contributed by atoms with Crippen LogP contribution in [0.25, 0.3) is 0 Å². The summed E-state index contributed by atoms with van der Waals surface area (Å²) >= 11 is 0. The highest BCUT2D eigenvalue weighted by Crippen LogP contribution is 2.08. The lowest BCUT2D eigenvalue weighted by atomic mass is 10.2. The fourth-order valence-electron chi connectivity index (χ4n) is 1.56. The summed E-state index contributed by atoms with van der Waals surface area (Å²) in [6, 6.07) is 3.45. The second kappa shape index (κ2) is 8.96. The molecule has 0 aliphatic heterocycles. The Hall–Kier alpha value is -1.04. The van der Waals surface area contributed by atoms with Crippen LogP contribution in [-0.2, 0) is 11.3 Å². The third-order valence-electron chi connectivity index (χ3n) is 2.66. The predicted octanol–water partition coefficient (Wildman–Crippen LogP) is 2.23. The van der Waals surface area contributed by atoms with E-state index in [1.165, 1.54) is 12.1 Å². The van der Waals surface area contributed by atoms with Crippen molar-refractivity contribution in [2.24, 2.45) is 0 Å². The molecule has 1 aromatic carbocycles. The van der Waals surface area contributed by atoms with Crippen LogP contribution in [0, 0.1) is 11.6 Å². The molecule has 0 spiro atoms. The number of halogens is 2. The Morgan fingerprint density at radius 1 is 1.37 bits per heavy atom. The van der Waals surface area contributed by atoms with Crippen LogP contribution < -0.4 is 5.32 Å². The number of aliphatic hydroxyl groups is 1. The molecule has 0 radical (unpaired) electrons. The average Bonchev–Trinajstić information content (AvgIpc) is 2.37. The highest BCUT2D eigenvalue weighted by atomic mass is 19.1. The zero-order valence-corrected chi connectivity index (χ0v) is 11.2. The van der Waals surface area contributed by atoms with Crippen LogP contribution >= 0.6 is 0 Å². The van der Waals surface area contributed by atoms with Crippen molar-refractivity contribution in [1.82, 2.24) is 5.32 Å². The highest BCUT2D eigenvalue weighted by Gasteiger charge is 2.06. The molecule has 0 fully saturated rings. The van der Waals surface area contributed by atoms with Crippen LogP contribution in [0.1, 0.15) is 25.3 Å². The van der Waals surface area contributed by atoms with E-state index >= 15 is 0 Å². The second-order valence-corrected chi connectivity index (χ2v) is 4.45. The van der Waals surface area contributed by atoms with Crippen molar-refractivity contribution in [3.63, 3.8) is 0 Å². The summed E-state index contributed by atoms with van der Waals surface area (Å²) in [5, 5.41) is 12.5. The molecule has 1 unspecified atom stereocenters. The van der Waals surface area contributed by atoms with E-state index in [-0.39, 0.29) is 13.2 Å². The van der Waals surface area contributed by atoms with Crippen molar-refractivity contribution in [3.8, 4) is 0 Å². The van der Waals surface area contributed by atoms with E-state index < -0.39 is 17.7 Å². The fraction of sp³-hybridized carbons (Fsp3) is 0.571. The number of benzene rings is 1. The van der Waals surface area contributed by atoms with Crippen molar-refractivity contribution >= 4 is 0 Å². The Balaban J connectivity index is 2.18. The zero-order chi connectivity index (χ0) is 14.1. The Morgan fingerprint density at radius 3 is 2.84 bits per heavy atom. The maximum atomic E-state index is 13.3. The highest BCUT2D eigenvalue weighted by molar-refractivity contribution is 5.18. The molecule has 3 nitrogen and oxygen atoms in total. The van der Waals surface area contributed by atoms with Gasteiger partial charge in [-0.1, -0.05) is 19.4 Å². The molecular weight excluding hydrogens is 252 g/mol. The van der Waals surface area contributed by atoms with Crippen molar-refractivity contribution in [1.29, 1.82) is 0 Å². The van der Waals surface area contributed by atoms with Gasteiger partial charge in [0.1, 0.15) is 11.6 Å². The van der Waals surface area contributed by atoms with Crippen LogP contribution in [0.2, 0.25) is 0 Å². The van der Waals surface area contributed by atoms with Crippen LogP contribution in [-0.4, -0.2) is 31.0 Å². The monoisotopic (exact) mass is 273 g/mol. The molecule has 0 saturated heterocycles. The maximum Gasteiger partial charge on any atom is 0.130 e. The predicted molar refractivity (Wildman–Crippen MR) is 69.8 cm³/mol. The first-order valence-corrected chi connectivity index (χ1v) is 6.54. The maximum absolute atomic E-state index is 13.3. The molecule has 1 rings (SSSR count).